The van der Waals surface area contributed by atoms with Crippen LogP contribution in [0.2, 0.25) is 0 Å². The predicted octanol–water partition coefficient (Wildman–Crippen LogP) is 1.81. The molecule has 0 aliphatic carbocycles. The van der Waals surface area contributed by atoms with Gasteiger partial charge in [0.15, 0.2) is 18.0 Å². The Bertz CT molecular complexity index is 1200. The zero-order valence-corrected chi connectivity index (χ0v) is 21.8. The molecule has 2 aromatic heterocycles. The fourth-order valence-electron chi connectivity index (χ4n) is 3.81. The number of esters is 2. The highest BCUT2D eigenvalue weighted by molar-refractivity contribution is 5.73. The third-order valence-corrected chi connectivity index (χ3v) is 5.94. The highest BCUT2D eigenvalue weighted by Crippen LogP contribution is 2.44. The van der Waals surface area contributed by atoms with Gasteiger partial charge < -0.3 is 29.5 Å². The summed E-state index contributed by atoms with van der Waals surface area (Å²) in [6, 6.07) is 5.32. The van der Waals surface area contributed by atoms with E-state index in [1.807, 2.05) is 0 Å². The summed E-state index contributed by atoms with van der Waals surface area (Å²) in [5.74, 6) is -2.06. The number of nitriles is 1. The molecule has 3 rings (SSSR count). The summed E-state index contributed by atoms with van der Waals surface area (Å²) in [6.45, 7) is 9.91. The number of ether oxygens (including phenoxy) is 4. The van der Waals surface area contributed by atoms with E-state index in [-0.39, 0.29) is 24.7 Å². The van der Waals surface area contributed by atoms with Crippen LogP contribution in [0.25, 0.3) is 5.52 Å². The van der Waals surface area contributed by atoms with Crippen molar-refractivity contribution in [2.45, 2.75) is 65.5 Å². The van der Waals surface area contributed by atoms with E-state index in [1.54, 1.807) is 53.7 Å². The van der Waals surface area contributed by atoms with Crippen LogP contribution in [0.4, 0.5) is 5.82 Å². The number of nitrogens with two attached hydrogens (primary N) is 1. The third kappa shape index (κ3) is 5.57. The summed E-state index contributed by atoms with van der Waals surface area (Å²) in [7, 11) is 0. The molecule has 2 N–H and O–H groups in total. The zero-order chi connectivity index (χ0) is 27.5. The molecule has 1 aliphatic heterocycles. The van der Waals surface area contributed by atoms with E-state index in [4.69, 9.17) is 24.7 Å². The molecule has 0 bridgehead atoms. The normalized spacial score (nSPS) is 23.8. The van der Waals surface area contributed by atoms with Crippen LogP contribution in [-0.2, 0) is 38.9 Å². The number of aromatic nitrogens is 3. The minimum absolute atomic E-state index is 0.0506. The molecule has 1 fully saturated rings. The lowest BCUT2D eigenvalue weighted by molar-refractivity contribution is -0.173. The second-order valence-corrected chi connectivity index (χ2v) is 10.4. The number of rotatable bonds is 10. The van der Waals surface area contributed by atoms with E-state index in [1.165, 1.54) is 10.8 Å². The first-order valence-corrected chi connectivity index (χ1v) is 12.0. The van der Waals surface area contributed by atoms with Crippen molar-refractivity contribution in [3.05, 3.63) is 24.2 Å². The van der Waals surface area contributed by atoms with Crippen LogP contribution in [0.15, 0.2) is 18.5 Å². The number of aldehydes is 1. The number of nitrogens with zero attached hydrogens (tertiary/aromatic N) is 4. The Hall–Kier alpha value is -3.56. The van der Waals surface area contributed by atoms with Crippen molar-refractivity contribution in [1.82, 2.24) is 14.6 Å². The Labute approximate surface area is 215 Å². The first kappa shape index (κ1) is 28.0. The van der Waals surface area contributed by atoms with Crippen LogP contribution in [-0.4, -0.2) is 64.3 Å². The first-order chi connectivity index (χ1) is 17.4. The van der Waals surface area contributed by atoms with Gasteiger partial charge in [0.25, 0.3) is 0 Å². The number of hydrogen-bond acceptors (Lipinski definition) is 11. The van der Waals surface area contributed by atoms with Crippen LogP contribution in [0.3, 0.4) is 0 Å². The molecular weight excluding hydrogens is 482 g/mol. The number of anilines is 1. The van der Waals surface area contributed by atoms with Gasteiger partial charge in [0.2, 0.25) is 5.60 Å². The summed E-state index contributed by atoms with van der Waals surface area (Å²) in [5.41, 5.74) is 3.89. The molecule has 12 heteroatoms. The summed E-state index contributed by atoms with van der Waals surface area (Å²) in [5, 5.41) is 14.7. The van der Waals surface area contributed by atoms with Crippen molar-refractivity contribution in [2.75, 3.05) is 18.9 Å². The van der Waals surface area contributed by atoms with Gasteiger partial charge in [-0.1, -0.05) is 41.5 Å². The minimum atomic E-state index is -1.94. The molecule has 1 saturated heterocycles. The van der Waals surface area contributed by atoms with Crippen LogP contribution in [0.5, 0.6) is 0 Å². The van der Waals surface area contributed by atoms with Crippen molar-refractivity contribution in [3.8, 4) is 6.07 Å². The molecular formula is C25H33N5O7. The van der Waals surface area contributed by atoms with Crippen LogP contribution in [0.1, 0.15) is 47.2 Å². The standard InChI is InChI=1S/C25H33N5O7/c1-14(2)22(32)35-19-17(9-34-12-24(5,6)11-31)37-25(10-26,20(19)36-23(33)15(3)4)18-8-7-16-21(27)28-13-29-30(16)18/h7-8,11,13-15,17,19-20H,9,12H2,1-6H3,(H2,27,28,29)/t17-,19-,20-,25+/m1/s1. The van der Waals surface area contributed by atoms with Crippen LogP contribution >= 0.6 is 0 Å². The van der Waals surface area contributed by atoms with Crippen molar-refractivity contribution < 1.29 is 33.3 Å². The molecule has 0 saturated carbocycles. The summed E-state index contributed by atoms with van der Waals surface area (Å²) >= 11 is 0. The number of hydrogen-bond donors (Lipinski definition) is 1. The van der Waals surface area contributed by atoms with Crippen molar-refractivity contribution in [3.63, 3.8) is 0 Å². The van der Waals surface area contributed by atoms with Gasteiger partial charge in [-0.3, -0.25) is 9.59 Å². The van der Waals surface area contributed by atoms with Gasteiger partial charge >= 0.3 is 11.9 Å². The van der Waals surface area contributed by atoms with Crippen LogP contribution in [0, 0.1) is 28.6 Å². The maximum atomic E-state index is 12.8. The number of nitrogen functional groups attached to an aromatic ring is 1. The summed E-state index contributed by atoms with van der Waals surface area (Å²) in [6.07, 6.45) is -1.58. The first-order valence-electron chi connectivity index (χ1n) is 12.0. The smallest absolute Gasteiger partial charge is 0.308 e. The maximum absolute atomic E-state index is 12.8. The molecule has 12 nitrogen and oxygen atoms in total. The molecule has 0 amide bonds. The van der Waals surface area contributed by atoms with Crippen molar-refractivity contribution in [2.24, 2.45) is 17.3 Å². The molecule has 1 aliphatic rings. The number of carbonyl (C=O) groups excluding carboxylic acids is 3. The summed E-state index contributed by atoms with van der Waals surface area (Å²) in [4.78, 5) is 40.8. The van der Waals surface area contributed by atoms with E-state index in [0.29, 0.717) is 5.52 Å². The molecule has 2 aromatic rings. The second kappa shape index (κ2) is 10.8. The molecule has 4 atom stereocenters. The number of carbonyl (C=O) groups is 3. The fraction of sp³-hybridized carbons (Fsp3) is 0.600. The van der Waals surface area contributed by atoms with Gasteiger partial charge in [-0.05, 0) is 12.1 Å². The Morgan fingerprint density at radius 3 is 2.49 bits per heavy atom. The third-order valence-electron chi connectivity index (χ3n) is 5.94. The second-order valence-electron chi connectivity index (χ2n) is 10.4. The monoisotopic (exact) mass is 515 g/mol. The molecule has 37 heavy (non-hydrogen) atoms. The Balaban J connectivity index is 2.13. The topological polar surface area (TPSA) is 168 Å². The maximum Gasteiger partial charge on any atom is 0.308 e. The predicted molar refractivity (Wildman–Crippen MR) is 130 cm³/mol. The highest BCUT2D eigenvalue weighted by atomic mass is 16.7. The van der Waals surface area contributed by atoms with Crippen LogP contribution < -0.4 is 5.73 Å². The van der Waals surface area contributed by atoms with E-state index in [9.17, 15) is 19.6 Å². The van der Waals surface area contributed by atoms with E-state index in [2.05, 4.69) is 16.2 Å². The number of fused-ring (bicyclic) bond motifs is 1. The quantitative estimate of drug-likeness (QED) is 0.362. The lowest BCUT2D eigenvalue weighted by Crippen LogP contribution is -2.47. The lowest BCUT2D eigenvalue weighted by Gasteiger charge is -2.29. The SMILES string of the molecule is CC(C)C(=O)O[C@H]1[C@@H](OC(=O)C(C)C)[C@](C#N)(c2ccc3c(N)ncnn23)O[C@@H]1COCC(C)(C)C=O. The van der Waals surface area contributed by atoms with E-state index in [0.717, 1.165) is 6.29 Å². The minimum Gasteiger partial charge on any atom is -0.455 e. The molecule has 3 heterocycles. The van der Waals surface area contributed by atoms with Gasteiger partial charge in [0, 0.05) is 5.41 Å². The van der Waals surface area contributed by atoms with Gasteiger partial charge in [-0.25, -0.2) is 9.50 Å². The average Bonchev–Trinajstić information content (AvgIpc) is 3.40. The average molecular weight is 516 g/mol. The molecule has 0 spiro atoms. The fourth-order valence-corrected chi connectivity index (χ4v) is 3.81. The van der Waals surface area contributed by atoms with E-state index < -0.39 is 53.1 Å². The Kier molecular flexibility index (Phi) is 8.19. The van der Waals surface area contributed by atoms with Crippen molar-refractivity contribution in [1.29, 1.82) is 5.26 Å². The zero-order valence-electron chi connectivity index (χ0n) is 21.8. The molecule has 0 unspecified atom stereocenters. The van der Waals surface area contributed by atoms with Gasteiger partial charge in [-0.15, -0.1) is 0 Å². The highest BCUT2D eigenvalue weighted by Gasteiger charge is 2.62. The van der Waals surface area contributed by atoms with Gasteiger partial charge in [0.05, 0.1) is 30.7 Å². The van der Waals surface area contributed by atoms with Crippen molar-refractivity contribution >= 4 is 29.6 Å². The largest absolute Gasteiger partial charge is 0.455 e. The Morgan fingerprint density at radius 1 is 1.24 bits per heavy atom. The Morgan fingerprint density at radius 2 is 1.89 bits per heavy atom. The molecule has 0 radical (unpaired) electrons. The summed E-state index contributed by atoms with van der Waals surface area (Å²) < 4.78 is 25.0. The van der Waals surface area contributed by atoms with Gasteiger partial charge in [-0.2, -0.15) is 10.4 Å². The molecule has 200 valence electrons. The lowest BCUT2D eigenvalue weighted by atomic mass is 9.91. The molecule has 0 aromatic carbocycles. The van der Waals surface area contributed by atoms with E-state index >= 15 is 0 Å². The van der Waals surface area contributed by atoms with Gasteiger partial charge in [0.1, 0.15) is 30.3 Å².